The second-order valence-electron chi connectivity index (χ2n) is 4.81. The molecule has 1 heterocycles. The molecular weight excluding hydrogens is 263 g/mol. The van der Waals surface area contributed by atoms with Gasteiger partial charge in [-0.25, -0.2) is 4.39 Å². The van der Waals surface area contributed by atoms with Gasteiger partial charge in [-0.1, -0.05) is 5.16 Å². The molecule has 1 aliphatic carbocycles. The molecule has 6 heteroatoms. The summed E-state index contributed by atoms with van der Waals surface area (Å²) in [6, 6.07) is 4.10. The van der Waals surface area contributed by atoms with Crippen LogP contribution < -0.4 is 4.74 Å². The Morgan fingerprint density at radius 3 is 2.95 bits per heavy atom. The second-order valence-corrected chi connectivity index (χ2v) is 4.81. The van der Waals surface area contributed by atoms with Crippen LogP contribution >= 0.6 is 0 Å². The number of halogens is 1. The molecule has 3 rings (SSSR count). The average Bonchev–Trinajstić information content (AvgIpc) is 3.17. The van der Waals surface area contributed by atoms with E-state index in [1.807, 2.05) is 0 Å². The highest BCUT2D eigenvalue weighted by Gasteiger charge is 2.29. The largest absolute Gasteiger partial charge is 0.482 e. The van der Waals surface area contributed by atoms with E-state index >= 15 is 0 Å². The lowest BCUT2D eigenvalue weighted by Crippen LogP contribution is -2.01. The molecule has 1 aromatic carbocycles. The van der Waals surface area contributed by atoms with Gasteiger partial charge in [0.2, 0.25) is 11.7 Å². The van der Waals surface area contributed by atoms with E-state index in [1.54, 1.807) is 0 Å². The van der Waals surface area contributed by atoms with E-state index in [-0.39, 0.29) is 18.1 Å². The van der Waals surface area contributed by atoms with Gasteiger partial charge in [-0.2, -0.15) is 4.98 Å². The van der Waals surface area contributed by atoms with E-state index in [1.165, 1.54) is 19.1 Å². The van der Waals surface area contributed by atoms with Gasteiger partial charge in [0, 0.05) is 11.5 Å². The molecule has 0 unspecified atom stereocenters. The number of hydrogen-bond acceptors (Lipinski definition) is 5. The molecule has 1 aromatic heterocycles. The number of carbonyl (C=O) groups excluding carboxylic acids is 1. The molecule has 2 aromatic rings. The molecule has 0 atom stereocenters. The van der Waals surface area contributed by atoms with Crippen LogP contribution in [0.25, 0.3) is 0 Å². The summed E-state index contributed by atoms with van der Waals surface area (Å²) in [4.78, 5) is 15.3. The number of carbonyl (C=O) groups is 1. The summed E-state index contributed by atoms with van der Waals surface area (Å²) in [6.45, 7) is 1.42. The maximum Gasteiger partial charge on any atom is 0.229 e. The van der Waals surface area contributed by atoms with Crippen molar-refractivity contribution in [3.05, 3.63) is 41.3 Å². The first-order chi connectivity index (χ1) is 9.63. The van der Waals surface area contributed by atoms with Crippen LogP contribution in [0.3, 0.4) is 0 Å². The first kappa shape index (κ1) is 12.8. The van der Waals surface area contributed by atoms with Gasteiger partial charge in [-0.15, -0.1) is 0 Å². The monoisotopic (exact) mass is 276 g/mol. The zero-order chi connectivity index (χ0) is 14.1. The summed E-state index contributed by atoms with van der Waals surface area (Å²) in [5, 5.41) is 3.78. The Morgan fingerprint density at radius 2 is 2.30 bits per heavy atom. The molecular formula is C14H13FN2O3. The van der Waals surface area contributed by atoms with E-state index < -0.39 is 5.82 Å². The molecule has 1 saturated carbocycles. The average molecular weight is 276 g/mol. The Kier molecular flexibility index (Phi) is 3.22. The van der Waals surface area contributed by atoms with E-state index in [4.69, 9.17) is 9.26 Å². The molecule has 20 heavy (non-hydrogen) atoms. The van der Waals surface area contributed by atoms with Crippen LogP contribution in [0.15, 0.2) is 22.7 Å². The zero-order valence-electron chi connectivity index (χ0n) is 10.9. The lowest BCUT2D eigenvalue weighted by molar-refractivity contribution is 0.101. The van der Waals surface area contributed by atoms with Crippen molar-refractivity contribution in [2.24, 2.45) is 0 Å². The molecule has 0 aliphatic heterocycles. The van der Waals surface area contributed by atoms with Crippen LogP contribution in [0.2, 0.25) is 0 Å². The molecule has 0 N–H and O–H groups in total. The standard InChI is InChI=1S/C14H13FN2O3/c1-8(18)10-4-5-12(11(15)6-10)19-7-13-16-14(20-17-13)9-2-3-9/h4-6,9H,2-3,7H2,1H3. The lowest BCUT2D eigenvalue weighted by Gasteiger charge is -2.05. The fourth-order valence-corrected chi connectivity index (χ4v) is 1.80. The Labute approximate surface area is 114 Å². The fourth-order valence-electron chi connectivity index (χ4n) is 1.80. The van der Waals surface area contributed by atoms with Crippen molar-refractivity contribution in [3.8, 4) is 5.75 Å². The van der Waals surface area contributed by atoms with Crippen molar-refractivity contribution >= 4 is 5.78 Å². The van der Waals surface area contributed by atoms with Crippen LogP contribution in [0.4, 0.5) is 4.39 Å². The van der Waals surface area contributed by atoms with Crippen molar-refractivity contribution in [2.45, 2.75) is 32.3 Å². The number of hydrogen-bond donors (Lipinski definition) is 0. The first-order valence-electron chi connectivity index (χ1n) is 6.39. The van der Waals surface area contributed by atoms with E-state index in [9.17, 15) is 9.18 Å². The van der Waals surface area contributed by atoms with Gasteiger partial charge in [0.15, 0.2) is 24.0 Å². The quantitative estimate of drug-likeness (QED) is 0.786. The van der Waals surface area contributed by atoms with Gasteiger partial charge < -0.3 is 9.26 Å². The highest BCUT2D eigenvalue weighted by Crippen LogP contribution is 2.38. The SMILES string of the molecule is CC(=O)c1ccc(OCc2noc(C3CC3)n2)c(F)c1. The molecule has 0 spiro atoms. The topological polar surface area (TPSA) is 65.2 Å². The second kappa shape index (κ2) is 5.03. The minimum Gasteiger partial charge on any atom is -0.482 e. The smallest absolute Gasteiger partial charge is 0.229 e. The number of Topliss-reactive ketones (excluding diaryl/α,β-unsaturated/α-hetero) is 1. The maximum absolute atomic E-state index is 13.7. The number of nitrogens with zero attached hydrogens (tertiary/aromatic N) is 2. The third-order valence-corrected chi connectivity index (χ3v) is 3.11. The Morgan fingerprint density at radius 1 is 1.50 bits per heavy atom. The fraction of sp³-hybridized carbons (Fsp3) is 0.357. The lowest BCUT2D eigenvalue weighted by atomic mass is 10.1. The molecule has 5 nitrogen and oxygen atoms in total. The van der Waals surface area contributed by atoms with Crippen LogP contribution in [-0.4, -0.2) is 15.9 Å². The van der Waals surface area contributed by atoms with Gasteiger partial charge in [0.05, 0.1) is 0 Å². The van der Waals surface area contributed by atoms with Gasteiger partial charge >= 0.3 is 0 Å². The molecule has 0 saturated heterocycles. The number of ether oxygens (including phenoxy) is 1. The van der Waals surface area contributed by atoms with Crippen LogP contribution in [0.1, 0.15) is 47.8 Å². The Balaban J connectivity index is 1.66. The minimum absolute atomic E-state index is 0.0343. The number of rotatable bonds is 5. The van der Waals surface area contributed by atoms with Crippen LogP contribution in [0.5, 0.6) is 5.75 Å². The maximum atomic E-state index is 13.7. The van der Waals surface area contributed by atoms with E-state index in [2.05, 4.69) is 10.1 Å². The minimum atomic E-state index is -0.580. The third-order valence-electron chi connectivity index (χ3n) is 3.11. The van der Waals surface area contributed by atoms with Gasteiger partial charge in [-0.3, -0.25) is 4.79 Å². The Hall–Kier alpha value is -2.24. The van der Waals surface area contributed by atoms with E-state index in [0.29, 0.717) is 23.2 Å². The molecule has 1 aliphatic rings. The summed E-state index contributed by atoms with van der Waals surface area (Å²) in [7, 11) is 0. The van der Waals surface area contributed by atoms with Crippen molar-refractivity contribution in [2.75, 3.05) is 0 Å². The number of benzene rings is 1. The predicted molar refractivity (Wildman–Crippen MR) is 67.0 cm³/mol. The summed E-state index contributed by atoms with van der Waals surface area (Å²) in [6.07, 6.45) is 2.15. The van der Waals surface area contributed by atoms with Crippen molar-refractivity contribution < 1.29 is 18.4 Å². The van der Waals surface area contributed by atoms with Gasteiger partial charge in [0.25, 0.3) is 0 Å². The van der Waals surface area contributed by atoms with Crippen molar-refractivity contribution in [1.29, 1.82) is 0 Å². The third kappa shape index (κ3) is 2.68. The molecule has 0 amide bonds. The molecule has 0 bridgehead atoms. The van der Waals surface area contributed by atoms with Crippen molar-refractivity contribution in [3.63, 3.8) is 0 Å². The summed E-state index contributed by atoms with van der Waals surface area (Å²) >= 11 is 0. The number of ketones is 1. The van der Waals surface area contributed by atoms with Crippen LogP contribution in [-0.2, 0) is 6.61 Å². The number of aromatic nitrogens is 2. The summed E-state index contributed by atoms with van der Waals surface area (Å²) in [5.41, 5.74) is 0.311. The molecule has 0 radical (unpaired) electrons. The predicted octanol–water partition coefficient (Wildman–Crippen LogP) is 2.87. The van der Waals surface area contributed by atoms with Crippen LogP contribution in [0, 0.1) is 5.82 Å². The van der Waals surface area contributed by atoms with Gasteiger partial charge in [-0.05, 0) is 38.0 Å². The highest BCUT2D eigenvalue weighted by molar-refractivity contribution is 5.94. The van der Waals surface area contributed by atoms with Gasteiger partial charge in [0.1, 0.15) is 0 Å². The highest BCUT2D eigenvalue weighted by atomic mass is 19.1. The van der Waals surface area contributed by atoms with E-state index in [0.717, 1.165) is 18.9 Å². The molecule has 104 valence electrons. The zero-order valence-corrected chi connectivity index (χ0v) is 10.9. The first-order valence-corrected chi connectivity index (χ1v) is 6.39. The normalized spacial score (nSPS) is 14.3. The Bertz CT molecular complexity index is 650. The van der Waals surface area contributed by atoms with Crippen molar-refractivity contribution in [1.82, 2.24) is 10.1 Å². The summed E-state index contributed by atoms with van der Waals surface area (Å²) in [5.74, 6) is 0.680. The molecule has 1 fully saturated rings. The summed E-state index contributed by atoms with van der Waals surface area (Å²) < 4.78 is 24.1.